The molecule has 1 aromatic carbocycles. The highest BCUT2D eigenvalue weighted by molar-refractivity contribution is 8.00. The zero-order valence-corrected chi connectivity index (χ0v) is 13.3. The number of carbonyl (C=O) groups is 1. The fraction of sp³-hybridized carbons (Fsp3) is 0.533. The average Bonchev–Trinajstić information content (AvgIpc) is 2.38. The number of benzene rings is 1. The molecule has 5 heteroatoms. The highest BCUT2D eigenvalue weighted by Crippen LogP contribution is 2.26. The third-order valence-corrected chi connectivity index (χ3v) is 4.87. The minimum Gasteiger partial charge on any atom is -0.388 e. The molecule has 1 aromatic rings. The molecule has 3 atom stereocenters. The van der Waals surface area contributed by atoms with Crippen LogP contribution < -0.4 is 0 Å². The van der Waals surface area contributed by atoms with Crippen LogP contribution in [0.3, 0.4) is 0 Å². The fourth-order valence-corrected chi connectivity index (χ4v) is 3.93. The summed E-state index contributed by atoms with van der Waals surface area (Å²) in [7, 11) is 0. The van der Waals surface area contributed by atoms with Crippen LogP contribution in [0.2, 0.25) is 5.02 Å². The molecule has 0 bridgehead atoms. The van der Waals surface area contributed by atoms with Crippen LogP contribution in [-0.2, 0) is 4.79 Å². The molecular formula is C15H20ClNO2S. The SMILES string of the molecule is CC1CN(C(=O)CC(O)c2ccc(Cl)cc2)CC(C)S1. The van der Waals surface area contributed by atoms with E-state index in [-0.39, 0.29) is 12.3 Å². The van der Waals surface area contributed by atoms with Crippen LogP contribution in [-0.4, -0.2) is 39.5 Å². The summed E-state index contributed by atoms with van der Waals surface area (Å²) in [6.45, 7) is 5.80. The van der Waals surface area contributed by atoms with Crippen molar-refractivity contribution in [3.05, 3.63) is 34.9 Å². The molecule has 2 rings (SSSR count). The lowest BCUT2D eigenvalue weighted by Gasteiger charge is -2.35. The van der Waals surface area contributed by atoms with E-state index in [2.05, 4.69) is 13.8 Å². The number of amides is 1. The quantitative estimate of drug-likeness (QED) is 0.932. The Morgan fingerprint density at radius 1 is 1.35 bits per heavy atom. The largest absolute Gasteiger partial charge is 0.388 e. The van der Waals surface area contributed by atoms with Crippen molar-refractivity contribution in [2.45, 2.75) is 36.9 Å². The highest BCUT2D eigenvalue weighted by Gasteiger charge is 2.27. The molecule has 1 fully saturated rings. The number of hydrogen-bond donors (Lipinski definition) is 1. The Balaban J connectivity index is 1.95. The van der Waals surface area contributed by atoms with E-state index < -0.39 is 6.10 Å². The molecule has 0 spiro atoms. The minimum absolute atomic E-state index is 0.0199. The second-order valence-electron chi connectivity index (χ2n) is 5.33. The zero-order valence-electron chi connectivity index (χ0n) is 11.8. The van der Waals surface area contributed by atoms with Crippen LogP contribution in [0.5, 0.6) is 0 Å². The van der Waals surface area contributed by atoms with Gasteiger partial charge >= 0.3 is 0 Å². The topological polar surface area (TPSA) is 40.5 Å². The van der Waals surface area contributed by atoms with Crippen molar-refractivity contribution in [1.29, 1.82) is 0 Å². The predicted molar refractivity (Wildman–Crippen MR) is 84.1 cm³/mol. The van der Waals surface area contributed by atoms with Gasteiger partial charge in [0.2, 0.25) is 5.91 Å². The second kappa shape index (κ2) is 6.83. The number of thioether (sulfide) groups is 1. The summed E-state index contributed by atoms with van der Waals surface area (Å²) in [5.41, 5.74) is 0.732. The Bertz CT molecular complexity index is 455. The normalized spacial score (nSPS) is 24.5. The number of nitrogens with zero attached hydrogens (tertiary/aromatic N) is 1. The molecule has 0 saturated carbocycles. The van der Waals surface area contributed by atoms with Crippen LogP contribution in [0, 0.1) is 0 Å². The number of aliphatic hydroxyl groups is 1. The first kappa shape index (κ1) is 15.7. The second-order valence-corrected chi connectivity index (χ2v) is 7.65. The molecular weight excluding hydrogens is 294 g/mol. The Morgan fingerprint density at radius 2 is 1.90 bits per heavy atom. The predicted octanol–water partition coefficient (Wildman–Crippen LogP) is 3.12. The van der Waals surface area contributed by atoms with Crippen molar-refractivity contribution in [2.24, 2.45) is 0 Å². The molecule has 1 N–H and O–H groups in total. The summed E-state index contributed by atoms with van der Waals surface area (Å²) in [4.78, 5) is 14.1. The maximum atomic E-state index is 12.3. The molecule has 20 heavy (non-hydrogen) atoms. The van der Waals surface area contributed by atoms with E-state index in [0.717, 1.165) is 18.7 Å². The molecule has 3 nitrogen and oxygen atoms in total. The van der Waals surface area contributed by atoms with Crippen LogP contribution in [0.4, 0.5) is 0 Å². The standard InChI is InChI=1S/C15H20ClNO2S/c1-10-8-17(9-11(2)20-10)15(19)7-14(18)12-3-5-13(16)6-4-12/h3-6,10-11,14,18H,7-9H2,1-2H3. The van der Waals surface area contributed by atoms with Crippen molar-refractivity contribution in [3.8, 4) is 0 Å². The minimum atomic E-state index is -0.764. The van der Waals surface area contributed by atoms with E-state index in [1.165, 1.54) is 0 Å². The van der Waals surface area contributed by atoms with Crippen molar-refractivity contribution in [1.82, 2.24) is 4.90 Å². The van der Waals surface area contributed by atoms with Gasteiger partial charge in [-0.25, -0.2) is 0 Å². The van der Waals surface area contributed by atoms with Crippen LogP contribution in [0.1, 0.15) is 31.9 Å². The molecule has 110 valence electrons. The van der Waals surface area contributed by atoms with E-state index in [9.17, 15) is 9.90 Å². The van der Waals surface area contributed by atoms with Crippen LogP contribution >= 0.6 is 23.4 Å². The molecule has 1 aliphatic rings. The molecule has 0 aromatic heterocycles. The van der Waals surface area contributed by atoms with Crippen LogP contribution in [0.25, 0.3) is 0 Å². The third kappa shape index (κ3) is 4.14. The lowest BCUT2D eigenvalue weighted by atomic mass is 10.1. The van der Waals surface area contributed by atoms with Gasteiger partial charge in [0.25, 0.3) is 0 Å². The van der Waals surface area contributed by atoms with E-state index in [4.69, 9.17) is 11.6 Å². The van der Waals surface area contributed by atoms with Gasteiger partial charge in [0.1, 0.15) is 0 Å². The molecule has 3 unspecified atom stereocenters. The first-order valence-corrected chi connectivity index (χ1v) is 8.14. The zero-order chi connectivity index (χ0) is 14.7. The monoisotopic (exact) mass is 313 g/mol. The van der Waals surface area contributed by atoms with Gasteiger partial charge in [-0.2, -0.15) is 11.8 Å². The maximum Gasteiger partial charge on any atom is 0.225 e. The molecule has 1 saturated heterocycles. The van der Waals surface area contributed by atoms with Crippen molar-refractivity contribution < 1.29 is 9.90 Å². The van der Waals surface area contributed by atoms with Gasteiger partial charge in [-0.15, -0.1) is 0 Å². The number of halogens is 1. The molecule has 1 amide bonds. The first-order chi connectivity index (χ1) is 9.45. The van der Waals surface area contributed by atoms with Gasteiger partial charge < -0.3 is 10.0 Å². The Morgan fingerprint density at radius 3 is 2.45 bits per heavy atom. The number of hydrogen-bond acceptors (Lipinski definition) is 3. The number of aliphatic hydroxyl groups excluding tert-OH is 1. The average molecular weight is 314 g/mol. The summed E-state index contributed by atoms with van der Waals surface area (Å²) in [6.07, 6.45) is -0.633. The Labute approximate surface area is 129 Å². The van der Waals surface area contributed by atoms with E-state index in [1.807, 2.05) is 16.7 Å². The van der Waals surface area contributed by atoms with Gasteiger partial charge in [-0.05, 0) is 17.7 Å². The van der Waals surface area contributed by atoms with Gasteiger partial charge in [0, 0.05) is 28.6 Å². The van der Waals surface area contributed by atoms with Crippen molar-refractivity contribution in [3.63, 3.8) is 0 Å². The molecule has 0 radical (unpaired) electrons. The van der Waals surface area contributed by atoms with Gasteiger partial charge in [0.05, 0.1) is 12.5 Å². The summed E-state index contributed by atoms with van der Waals surface area (Å²) < 4.78 is 0. The van der Waals surface area contributed by atoms with Crippen molar-refractivity contribution >= 4 is 29.3 Å². The van der Waals surface area contributed by atoms with Crippen molar-refractivity contribution in [2.75, 3.05) is 13.1 Å². The summed E-state index contributed by atoms with van der Waals surface area (Å²) in [5.74, 6) is 0.0199. The number of rotatable bonds is 3. The maximum absolute atomic E-state index is 12.3. The van der Waals surface area contributed by atoms with E-state index in [0.29, 0.717) is 15.5 Å². The van der Waals surface area contributed by atoms with Gasteiger partial charge in [0.15, 0.2) is 0 Å². The molecule has 1 aliphatic heterocycles. The Kier molecular flexibility index (Phi) is 5.35. The first-order valence-electron chi connectivity index (χ1n) is 6.82. The fourth-order valence-electron chi connectivity index (χ4n) is 2.48. The lowest BCUT2D eigenvalue weighted by Crippen LogP contribution is -2.44. The summed E-state index contributed by atoms with van der Waals surface area (Å²) in [5, 5.41) is 11.7. The Hall–Kier alpha value is -0.710. The number of carbonyl (C=O) groups excluding carboxylic acids is 1. The van der Waals surface area contributed by atoms with Crippen LogP contribution in [0.15, 0.2) is 24.3 Å². The smallest absolute Gasteiger partial charge is 0.225 e. The van der Waals surface area contributed by atoms with Gasteiger partial charge in [-0.3, -0.25) is 4.79 Å². The molecule has 1 heterocycles. The lowest BCUT2D eigenvalue weighted by molar-refractivity contribution is -0.133. The van der Waals surface area contributed by atoms with E-state index in [1.54, 1.807) is 24.3 Å². The summed E-state index contributed by atoms with van der Waals surface area (Å²) in [6, 6.07) is 6.98. The summed E-state index contributed by atoms with van der Waals surface area (Å²) >= 11 is 7.72. The highest BCUT2D eigenvalue weighted by atomic mass is 35.5. The van der Waals surface area contributed by atoms with E-state index >= 15 is 0 Å². The third-order valence-electron chi connectivity index (χ3n) is 3.40. The molecule has 0 aliphatic carbocycles. The van der Waals surface area contributed by atoms with Gasteiger partial charge in [-0.1, -0.05) is 37.6 Å².